The summed E-state index contributed by atoms with van der Waals surface area (Å²) in [6.45, 7) is 2.41. The average Bonchev–Trinajstić information content (AvgIpc) is 2.74. The molecule has 0 bridgehead atoms. The predicted octanol–water partition coefficient (Wildman–Crippen LogP) is 3.87. The molecular weight excluding hydrogens is 404 g/mol. The van der Waals surface area contributed by atoms with Gasteiger partial charge in [-0.2, -0.15) is 9.97 Å². The monoisotopic (exact) mass is 426 g/mol. The standard InChI is InChI=1S/C20H22N6O5/c1-4-31-13-7-5-12(6-8-13)22-19-17(26(27)28)18(21)24-20(25-19)23-15-11-14(29-2)9-10-16(15)30-3/h5-11H,4H2,1-3H3,(H4,21,22,23,24,25). The van der Waals surface area contributed by atoms with Crippen molar-refractivity contribution in [3.8, 4) is 17.2 Å². The van der Waals surface area contributed by atoms with Crippen molar-refractivity contribution in [2.24, 2.45) is 0 Å². The van der Waals surface area contributed by atoms with Gasteiger partial charge in [0, 0.05) is 11.8 Å². The number of ether oxygens (including phenoxy) is 3. The Balaban J connectivity index is 1.97. The van der Waals surface area contributed by atoms with Gasteiger partial charge in [0.2, 0.25) is 17.6 Å². The summed E-state index contributed by atoms with van der Waals surface area (Å²) in [5.41, 5.74) is 6.51. The number of rotatable bonds is 9. The molecule has 0 aliphatic carbocycles. The summed E-state index contributed by atoms with van der Waals surface area (Å²) in [4.78, 5) is 19.2. The number of hydrogen-bond acceptors (Lipinski definition) is 10. The molecule has 2 aromatic carbocycles. The van der Waals surface area contributed by atoms with Crippen molar-refractivity contribution in [1.82, 2.24) is 9.97 Å². The van der Waals surface area contributed by atoms with E-state index in [1.54, 1.807) is 42.5 Å². The van der Waals surface area contributed by atoms with Crippen molar-refractivity contribution in [2.45, 2.75) is 6.92 Å². The minimum Gasteiger partial charge on any atom is -0.497 e. The third kappa shape index (κ3) is 5.01. The molecule has 0 saturated heterocycles. The molecule has 0 amide bonds. The summed E-state index contributed by atoms with van der Waals surface area (Å²) in [6.07, 6.45) is 0. The van der Waals surface area contributed by atoms with Crippen molar-refractivity contribution in [2.75, 3.05) is 37.2 Å². The first kappa shape index (κ1) is 21.4. The van der Waals surface area contributed by atoms with Gasteiger partial charge < -0.3 is 30.6 Å². The van der Waals surface area contributed by atoms with Gasteiger partial charge in [-0.05, 0) is 43.3 Å². The van der Waals surface area contributed by atoms with E-state index in [9.17, 15) is 10.1 Å². The van der Waals surface area contributed by atoms with Crippen LogP contribution in [-0.4, -0.2) is 35.7 Å². The highest BCUT2D eigenvalue weighted by atomic mass is 16.6. The largest absolute Gasteiger partial charge is 0.497 e. The van der Waals surface area contributed by atoms with Gasteiger partial charge >= 0.3 is 5.69 Å². The maximum Gasteiger partial charge on any atom is 0.353 e. The van der Waals surface area contributed by atoms with Gasteiger partial charge in [0.15, 0.2) is 0 Å². The molecule has 11 heteroatoms. The second kappa shape index (κ2) is 9.48. The molecule has 3 aromatic rings. The zero-order chi connectivity index (χ0) is 22.4. The van der Waals surface area contributed by atoms with Crippen LogP contribution in [0.2, 0.25) is 0 Å². The van der Waals surface area contributed by atoms with Crippen LogP contribution in [0.1, 0.15) is 6.92 Å². The first-order valence-corrected chi connectivity index (χ1v) is 9.26. The summed E-state index contributed by atoms with van der Waals surface area (Å²) < 4.78 is 16.0. The van der Waals surface area contributed by atoms with E-state index in [4.69, 9.17) is 19.9 Å². The number of nitrogen functional groups attached to an aromatic ring is 1. The number of nitrogens with two attached hydrogens (primary N) is 1. The fourth-order valence-electron chi connectivity index (χ4n) is 2.77. The fourth-order valence-corrected chi connectivity index (χ4v) is 2.77. The predicted molar refractivity (Wildman–Crippen MR) is 117 cm³/mol. The summed E-state index contributed by atoms with van der Waals surface area (Å²) >= 11 is 0. The molecule has 4 N–H and O–H groups in total. The number of nitrogens with one attached hydrogen (secondary N) is 2. The van der Waals surface area contributed by atoms with E-state index < -0.39 is 10.6 Å². The maximum absolute atomic E-state index is 11.6. The lowest BCUT2D eigenvalue weighted by Gasteiger charge is -2.13. The molecule has 3 rings (SSSR count). The minimum absolute atomic E-state index is 0.0445. The number of anilines is 5. The van der Waals surface area contributed by atoms with Gasteiger partial charge in [0.05, 0.1) is 31.4 Å². The van der Waals surface area contributed by atoms with Gasteiger partial charge in [-0.3, -0.25) is 10.1 Å². The third-order valence-electron chi connectivity index (χ3n) is 4.17. The third-order valence-corrected chi connectivity index (χ3v) is 4.17. The van der Waals surface area contributed by atoms with Crippen molar-refractivity contribution >= 4 is 34.6 Å². The first-order chi connectivity index (χ1) is 14.9. The number of methoxy groups -OCH3 is 2. The minimum atomic E-state index is -0.637. The van der Waals surface area contributed by atoms with Crippen molar-refractivity contribution < 1.29 is 19.1 Å². The quantitative estimate of drug-likeness (QED) is 0.340. The molecule has 11 nitrogen and oxygen atoms in total. The molecule has 0 aliphatic rings. The molecule has 0 atom stereocenters. The normalized spacial score (nSPS) is 10.3. The lowest BCUT2D eigenvalue weighted by molar-refractivity contribution is -0.383. The van der Waals surface area contributed by atoms with E-state index >= 15 is 0 Å². The Morgan fingerprint density at radius 1 is 1.03 bits per heavy atom. The van der Waals surface area contributed by atoms with E-state index in [0.717, 1.165) is 0 Å². The molecule has 31 heavy (non-hydrogen) atoms. The average molecular weight is 426 g/mol. The molecule has 0 fully saturated rings. The first-order valence-electron chi connectivity index (χ1n) is 9.26. The number of aromatic nitrogens is 2. The van der Waals surface area contributed by atoms with Gasteiger partial charge in [0.1, 0.15) is 17.2 Å². The highest BCUT2D eigenvalue weighted by Crippen LogP contribution is 2.35. The summed E-state index contributed by atoms with van der Waals surface area (Å²) in [6, 6.07) is 12.0. The van der Waals surface area contributed by atoms with E-state index in [1.165, 1.54) is 14.2 Å². The molecule has 162 valence electrons. The molecule has 0 radical (unpaired) electrons. The molecular formula is C20H22N6O5. The van der Waals surface area contributed by atoms with Gasteiger partial charge in [0.25, 0.3) is 0 Å². The van der Waals surface area contributed by atoms with Crippen LogP contribution in [0.25, 0.3) is 0 Å². The topological polar surface area (TPSA) is 147 Å². The summed E-state index contributed by atoms with van der Waals surface area (Å²) in [7, 11) is 3.04. The van der Waals surface area contributed by atoms with E-state index in [2.05, 4.69) is 20.6 Å². The Morgan fingerprint density at radius 3 is 2.35 bits per heavy atom. The van der Waals surface area contributed by atoms with E-state index in [0.29, 0.717) is 35.2 Å². The maximum atomic E-state index is 11.6. The summed E-state index contributed by atoms with van der Waals surface area (Å²) in [5.74, 6) is 1.44. The Labute approximate surface area is 178 Å². The summed E-state index contributed by atoms with van der Waals surface area (Å²) in [5, 5.41) is 17.4. The van der Waals surface area contributed by atoms with Crippen LogP contribution in [-0.2, 0) is 0 Å². The Bertz CT molecular complexity index is 1070. The van der Waals surface area contributed by atoms with Crippen molar-refractivity contribution in [3.63, 3.8) is 0 Å². The van der Waals surface area contributed by atoms with Gasteiger partial charge in [-0.15, -0.1) is 0 Å². The zero-order valence-electron chi connectivity index (χ0n) is 17.2. The van der Waals surface area contributed by atoms with Crippen molar-refractivity contribution in [3.05, 3.63) is 52.6 Å². The molecule has 1 heterocycles. The van der Waals surface area contributed by atoms with Crippen LogP contribution in [0.3, 0.4) is 0 Å². The van der Waals surface area contributed by atoms with Crippen LogP contribution < -0.4 is 30.6 Å². The van der Waals surface area contributed by atoms with Crippen LogP contribution >= 0.6 is 0 Å². The lowest BCUT2D eigenvalue weighted by atomic mass is 10.2. The number of benzene rings is 2. The van der Waals surface area contributed by atoms with Crippen LogP contribution in [0.4, 0.5) is 34.6 Å². The SMILES string of the molecule is CCOc1ccc(Nc2nc(Nc3cc(OC)ccc3OC)nc(N)c2[N+](=O)[O-])cc1. The molecule has 0 spiro atoms. The Kier molecular flexibility index (Phi) is 6.55. The van der Waals surface area contributed by atoms with Gasteiger partial charge in [-0.25, -0.2) is 0 Å². The lowest BCUT2D eigenvalue weighted by Crippen LogP contribution is -2.09. The molecule has 0 aliphatic heterocycles. The fraction of sp³-hybridized carbons (Fsp3) is 0.200. The van der Waals surface area contributed by atoms with E-state index in [1.807, 2.05) is 6.92 Å². The van der Waals surface area contributed by atoms with Crippen molar-refractivity contribution in [1.29, 1.82) is 0 Å². The second-order valence-electron chi connectivity index (χ2n) is 6.16. The smallest absolute Gasteiger partial charge is 0.353 e. The Morgan fingerprint density at radius 2 is 1.74 bits per heavy atom. The van der Waals surface area contributed by atoms with Gasteiger partial charge in [-0.1, -0.05) is 0 Å². The highest BCUT2D eigenvalue weighted by molar-refractivity contribution is 5.76. The second-order valence-corrected chi connectivity index (χ2v) is 6.16. The Hall–Kier alpha value is -4.28. The number of nitro groups is 1. The highest BCUT2D eigenvalue weighted by Gasteiger charge is 2.24. The number of hydrogen-bond donors (Lipinski definition) is 3. The van der Waals surface area contributed by atoms with Crippen LogP contribution in [0.5, 0.6) is 17.2 Å². The van der Waals surface area contributed by atoms with Crippen LogP contribution in [0.15, 0.2) is 42.5 Å². The van der Waals surface area contributed by atoms with Crippen LogP contribution in [0, 0.1) is 10.1 Å². The number of nitrogens with zero attached hydrogens (tertiary/aromatic N) is 3. The zero-order valence-corrected chi connectivity index (χ0v) is 17.2. The molecule has 1 aromatic heterocycles. The molecule has 0 saturated carbocycles. The van der Waals surface area contributed by atoms with E-state index in [-0.39, 0.29) is 17.6 Å². The molecule has 0 unspecified atom stereocenters.